The van der Waals surface area contributed by atoms with E-state index in [-0.39, 0.29) is 12.0 Å². The third kappa shape index (κ3) is 3.35. The molecule has 6 heteroatoms. The van der Waals surface area contributed by atoms with Gasteiger partial charge in [0.15, 0.2) is 0 Å². The van der Waals surface area contributed by atoms with E-state index in [0.29, 0.717) is 18.2 Å². The molecule has 4 rings (SSSR count). The van der Waals surface area contributed by atoms with E-state index in [4.69, 9.17) is 9.15 Å². The van der Waals surface area contributed by atoms with Crippen LogP contribution in [-0.2, 0) is 18.2 Å². The fraction of sp³-hybridized carbons (Fsp3) is 0.421. The van der Waals surface area contributed by atoms with Gasteiger partial charge >= 0.3 is 0 Å². The maximum Gasteiger partial charge on any atom is 0.222 e. The largest absolute Gasteiger partial charge is 0.425 e. The topological polar surface area (TPSA) is 66.0 Å². The molecular formula is C19H22N4O2. The Kier molecular flexibility index (Phi) is 4.36. The van der Waals surface area contributed by atoms with E-state index in [1.807, 2.05) is 17.8 Å². The van der Waals surface area contributed by atoms with Gasteiger partial charge < -0.3 is 9.15 Å². The number of rotatable bonds is 4. The minimum absolute atomic E-state index is 0.0726. The molecule has 0 N–H and O–H groups in total. The molecule has 1 aliphatic rings. The summed E-state index contributed by atoms with van der Waals surface area (Å²) in [6, 6.07) is 10.4. The SMILES string of the molecule is Cc1ccc(Cc2nnc([C@@H]3CCCO[C@H]3c3ccnn3C)o2)cc1. The van der Waals surface area contributed by atoms with Crippen LogP contribution in [0.3, 0.4) is 0 Å². The van der Waals surface area contributed by atoms with Gasteiger partial charge in [0.1, 0.15) is 6.10 Å². The Morgan fingerprint density at radius 2 is 2.00 bits per heavy atom. The van der Waals surface area contributed by atoms with Crippen LogP contribution in [0.5, 0.6) is 0 Å². The summed E-state index contributed by atoms with van der Waals surface area (Å²) < 4.78 is 13.9. The van der Waals surface area contributed by atoms with Gasteiger partial charge in [-0.25, -0.2) is 0 Å². The summed E-state index contributed by atoms with van der Waals surface area (Å²) in [5, 5.41) is 12.8. The summed E-state index contributed by atoms with van der Waals surface area (Å²) in [5.41, 5.74) is 3.46. The van der Waals surface area contributed by atoms with Crippen LogP contribution in [0.1, 0.15) is 53.5 Å². The average Bonchev–Trinajstić information content (AvgIpc) is 3.26. The van der Waals surface area contributed by atoms with Crippen LogP contribution in [0.15, 0.2) is 40.9 Å². The van der Waals surface area contributed by atoms with E-state index < -0.39 is 0 Å². The van der Waals surface area contributed by atoms with Gasteiger partial charge in [-0.3, -0.25) is 4.68 Å². The molecule has 0 saturated carbocycles. The lowest BCUT2D eigenvalue weighted by atomic mass is 9.92. The molecule has 0 spiro atoms. The van der Waals surface area contributed by atoms with Crippen molar-refractivity contribution in [3.8, 4) is 0 Å². The van der Waals surface area contributed by atoms with Crippen molar-refractivity contribution in [2.24, 2.45) is 7.05 Å². The first kappa shape index (κ1) is 16.0. The van der Waals surface area contributed by atoms with Crippen molar-refractivity contribution in [1.82, 2.24) is 20.0 Å². The molecule has 1 aliphatic heterocycles. The Balaban J connectivity index is 1.55. The van der Waals surface area contributed by atoms with Gasteiger partial charge in [0.05, 0.1) is 18.0 Å². The summed E-state index contributed by atoms with van der Waals surface area (Å²) in [6.07, 6.45) is 4.32. The molecule has 0 aliphatic carbocycles. The second-order valence-corrected chi connectivity index (χ2v) is 6.62. The minimum atomic E-state index is -0.0890. The molecule has 0 unspecified atom stereocenters. The monoisotopic (exact) mass is 338 g/mol. The Bertz CT molecular complexity index is 837. The fourth-order valence-corrected chi connectivity index (χ4v) is 3.36. The first-order valence-electron chi connectivity index (χ1n) is 8.68. The van der Waals surface area contributed by atoms with Crippen molar-refractivity contribution in [3.63, 3.8) is 0 Å². The van der Waals surface area contributed by atoms with Crippen LogP contribution in [0.4, 0.5) is 0 Å². The van der Waals surface area contributed by atoms with Crippen LogP contribution < -0.4 is 0 Å². The predicted molar refractivity (Wildman–Crippen MR) is 92.2 cm³/mol. The van der Waals surface area contributed by atoms with Gasteiger partial charge in [0.2, 0.25) is 11.8 Å². The normalized spacial score (nSPS) is 20.7. The van der Waals surface area contributed by atoms with Crippen molar-refractivity contribution >= 4 is 0 Å². The molecule has 1 saturated heterocycles. The third-order valence-electron chi connectivity index (χ3n) is 4.75. The number of hydrogen-bond donors (Lipinski definition) is 0. The molecule has 3 aromatic rings. The van der Waals surface area contributed by atoms with E-state index in [9.17, 15) is 0 Å². The lowest BCUT2D eigenvalue weighted by Crippen LogP contribution is -2.23. The van der Waals surface area contributed by atoms with Gasteiger partial charge in [0.25, 0.3) is 0 Å². The highest BCUT2D eigenvalue weighted by molar-refractivity contribution is 5.23. The zero-order chi connectivity index (χ0) is 17.2. The summed E-state index contributed by atoms with van der Waals surface area (Å²) in [7, 11) is 1.93. The third-order valence-corrected chi connectivity index (χ3v) is 4.75. The highest BCUT2D eigenvalue weighted by atomic mass is 16.5. The number of aryl methyl sites for hydroxylation is 2. The maximum absolute atomic E-state index is 6.02. The van der Waals surface area contributed by atoms with Gasteiger partial charge in [-0.05, 0) is 31.4 Å². The minimum Gasteiger partial charge on any atom is -0.425 e. The first-order valence-corrected chi connectivity index (χ1v) is 8.68. The maximum atomic E-state index is 6.02. The van der Waals surface area contributed by atoms with E-state index in [1.165, 1.54) is 11.1 Å². The van der Waals surface area contributed by atoms with Crippen LogP contribution >= 0.6 is 0 Å². The van der Waals surface area contributed by atoms with Crippen molar-refractivity contribution in [1.29, 1.82) is 0 Å². The molecule has 0 bridgehead atoms. The zero-order valence-electron chi connectivity index (χ0n) is 14.6. The second-order valence-electron chi connectivity index (χ2n) is 6.62. The fourth-order valence-electron chi connectivity index (χ4n) is 3.36. The summed E-state index contributed by atoms with van der Waals surface area (Å²) in [4.78, 5) is 0. The first-order chi connectivity index (χ1) is 12.2. The average molecular weight is 338 g/mol. The Morgan fingerprint density at radius 3 is 2.76 bits per heavy atom. The molecule has 1 fully saturated rings. The van der Waals surface area contributed by atoms with Crippen LogP contribution in [0, 0.1) is 6.92 Å². The summed E-state index contributed by atoms with van der Waals surface area (Å²) >= 11 is 0. The molecule has 3 heterocycles. The molecule has 2 aromatic heterocycles. The molecule has 0 amide bonds. The van der Waals surface area contributed by atoms with E-state index in [0.717, 1.165) is 25.1 Å². The van der Waals surface area contributed by atoms with E-state index >= 15 is 0 Å². The summed E-state index contributed by atoms with van der Waals surface area (Å²) in [6.45, 7) is 2.83. The second kappa shape index (κ2) is 6.80. The van der Waals surface area contributed by atoms with Crippen molar-refractivity contribution in [2.45, 2.75) is 38.2 Å². The highest BCUT2D eigenvalue weighted by Crippen LogP contribution is 2.39. The standard InChI is InChI=1S/C19H22N4O2/c1-13-5-7-14(8-6-13)12-17-21-22-19(25-17)15-4-3-11-24-18(15)16-9-10-20-23(16)2/h5-10,15,18H,3-4,11-12H2,1-2H3/t15-,18-/m1/s1. The van der Waals surface area contributed by atoms with Crippen molar-refractivity contribution < 1.29 is 9.15 Å². The molecular weight excluding hydrogens is 316 g/mol. The van der Waals surface area contributed by atoms with Gasteiger partial charge in [-0.2, -0.15) is 5.10 Å². The predicted octanol–water partition coefficient (Wildman–Crippen LogP) is 3.34. The van der Waals surface area contributed by atoms with Gasteiger partial charge in [0, 0.05) is 19.9 Å². The number of ether oxygens (including phenoxy) is 1. The lowest BCUT2D eigenvalue weighted by Gasteiger charge is -2.29. The summed E-state index contributed by atoms with van der Waals surface area (Å²) in [5.74, 6) is 1.38. The van der Waals surface area contributed by atoms with Crippen LogP contribution in [0.2, 0.25) is 0 Å². The zero-order valence-corrected chi connectivity index (χ0v) is 14.6. The lowest BCUT2D eigenvalue weighted by molar-refractivity contribution is -0.0138. The quantitative estimate of drug-likeness (QED) is 0.730. The van der Waals surface area contributed by atoms with Crippen molar-refractivity contribution in [3.05, 3.63) is 65.1 Å². The van der Waals surface area contributed by atoms with Gasteiger partial charge in [-0.1, -0.05) is 29.8 Å². The van der Waals surface area contributed by atoms with Crippen LogP contribution in [0.25, 0.3) is 0 Å². The number of nitrogens with zero attached hydrogens (tertiary/aromatic N) is 4. The van der Waals surface area contributed by atoms with E-state index in [1.54, 1.807) is 6.20 Å². The Labute approximate surface area is 146 Å². The molecule has 0 radical (unpaired) electrons. The molecule has 130 valence electrons. The molecule has 6 nitrogen and oxygen atoms in total. The van der Waals surface area contributed by atoms with Crippen LogP contribution in [-0.4, -0.2) is 26.6 Å². The number of hydrogen-bond acceptors (Lipinski definition) is 5. The molecule has 1 aromatic carbocycles. The van der Waals surface area contributed by atoms with Crippen molar-refractivity contribution in [2.75, 3.05) is 6.61 Å². The number of benzene rings is 1. The molecule has 25 heavy (non-hydrogen) atoms. The smallest absolute Gasteiger partial charge is 0.222 e. The highest BCUT2D eigenvalue weighted by Gasteiger charge is 2.34. The Morgan fingerprint density at radius 1 is 1.16 bits per heavy atom. The van der Waals surface area contributed by atoms with Gasteiger partial charge in [-0.15, -0.1) is 10.2 Å². The number of aromatic nitrogens is 4. The molecule has 2 atom stereocenters. The Hall–Kier alpha value is -2.47. The van der Waals surface area contributed by atoms with E-state index in [2.05, 4.69) is 46.5 Å².